The Bertz CT molecular complexity index is 1390. The highest BCUT2D eigenvalue weighted by molar-refractivity contribution is 5.80. The number of nitriles is 1. The Morgan fingerprint density at radius 1 is 1.29 bits per heavy atom. The van der Waals surface area contributed by atoms with Crippen LogP contribution in [-0.2, 0) is 15.7 Å². The lowest BCUT2D eigenvalue weighted by Crippen LogP contribution is -2.54. The van der Waals surface area contributed by atoms with Crippen LogP contribution < -0.4 is 5.56 Å². The Morgan fingerprint density at radius 3 is 2.69 bits per heavy atom. The number of pyridine rings is 1. The average molecular weight is 487 g/mol. The number of rotatable bonds is 4. The number of aromatic amines is 1. The van der Waals surface area contributed by atoms with Gasteiger partial charge in [0.2, 0.25) is 5.91 Å². The van der Waals surface area contributed by atoms with Gasteiger partial charge in [-0.3, -0.25) is 14.6 Å². The summed E-state index contributed by atoms with van der Waals surface area (Å²) in [7, 11) is 0. The zero-order valence-electron chi connectivity index (χ0n) is 18.5. The summed E-state index contributed by atoms with van der Waals surface area (Å²) in [5, 5.41) is 13.8. The summed E-state index contributed by atoms with van der Waals surface area (Å²) < 4.78 is 45.2. The quantitative estimate of drug-likeness (QED) is 0.597. The second kappa shape index (κ2) is 8.46. The van der Waals surface area contributed by atoms with Gasteiger partial charge in [-0.25, -0.2) is 9.67 Å². The lowest BCUT2D eigenvalue weighted by molar-refractivity contribution is -0.148. The van der Waals surface area contributed by atoms with Gasteiger partial charge in [-0.05, 0) is 31.4 Å². The molecule has 1 amide bonds. The number of ether oxygens (including phenoxy) is 1. The highest BCUT2D eigenvalue weighted by Crippen LogP contribution is 2.39. The monoisotopic (exact) mass is 487 g/mol. The molecular formula is C22H20F3N7O3. The number of halogens is 3. The van der Waals surface area contributed by atoms with Crippen LogP contribution in [0.25, 0.3) is 11.0 Å². The Balaban J connectivity index is 1.54. The van der Waals surface area contributed by atoms with Crippen LogP contribution in [0.4, 0.5) is 13.2 Å². The molecule has 3 aromatic heterocycles. The Hall–Kier alpha value is -3.79. The SMILES string of the molecule is C[C@@H](c1ccc(C(F)(F)F)nc1)n1nc(C#N)c2c(=O)[nH]c([C@H]3CC[C@@H]3N3CCOCC3=O)nc21. The van der Waals surface area contributed by atoms with Gasteiger partial charge in [-0.1, -0.05) is 6.07 Å². The first-order chi connectivity index (χ1) is 16.7. The van der Waals surface area contributed by atoms with E-state index in [9.17, 15) is 28.0 Å². The molecule has 13 heteroatoms. The molecule has 10 nitrogen and oxygen atoms in total. The summed E-state index contributed by atoms with van der Waals surface area (Å²) in [5.74, 6) is 0.0575. The molecule has 2 fully saturated rings. The van der Waals surface area contributed by atoms with Crippen molar-refractivity contribution in [3.05, 3.63) is 51.5 Å². The number of alkyl halides is 3. The third kappa shape index (κ3) is 3.93. The molecular weight excluding hydrogens is 467 g/mol. The number of morpholine rings is 1. The number of nitrogens with zero attached hydrogens (tertiary/aromatic N) is 6. The molecule has 182 valence electrons. The molecule has 0 aromatic carbocycles. The Kier molecular flexibility index (Phi) is 5.55. The van der Waals surface area contributed by atoms with Crippen molar-refractivity contribution in [1.29, 1.82) is 5.26 Å². The normalized spacial score (nSPS) is 21.6. The zero-order valence-corrected chi connectivity index (χ0v) is 18.5. The van der Waals surface area contributed by atoms with Gasteiger partial charge in [0.15, 0.2) is 11.3 Å². The third-order valence-corrected chi connectivity index (χ3v) is 6.62. The van der Waals surface area contributed by atoms with Crippen molar-refractivity contribution >= 4 is 16.9 Å². The predicted octanol–water partition coefficient (Wildman–Crippen LogP) is 2.12. The molecule has 1 aliphatic heterocycles. The van der Waals surface area contributed by atoms with Crippen molar-refractivity contribution in [2.75, 3.05) is 19.8 Å². The van der Waals surface area contributed by atoms with Gasteiger partial charge in [0.25, 0.3) is 5.56 Å². The summed E-state index contributed by atoms with van der Waals surface area (Å²) >= 11 is 0. The number of H-pyrrole nitrogens is 1. The fourth-order valence-corrected chi connectivity index (χ4v) is 4.60. The first kappa shape index (κ1) is 23.0. The highest BCUT2D eigenvalue weighted by Gasteiger charge is 2.41. The van der Waals surface area contributed by atoms with Crippen molar-refractivity contribution < 1.29 is 22.7 Å². The first-order valence-electron chi connectivity index (χ1n) is 11.0. The van der Waals surface area contributed by atoms with Crippen molar-refractivity contribution in [2.24, 2.45) is 0 Å². The number of carbonyl (C=O) groups excluding carboxylic acids is 1. The molecule has 4 heterocycles. The molecule has 0 bridgehead atoms. The van der Waals surface area contributed by atoms with E-state index in [0.717, 1.165) is 18.7 Å². The first-order valence-corrected chi connectivity index (χ1v) is 11.0. The molecule has 2 aliphatic rings. The van der Waals surface area contributed by atoms with Crippen LogP contribution in [0, 0.1) is 11.3 Å². The number of aromatic nitrogens is 5. The molecule has 35 heavy (non-hydrogen) atoms. The fourth-order valence-electron chi connectivity index (χ4n) is 4.60. The summed E-state index contributed by atoms with van der Waals surface area (Å²) in [5.41, 5.74) is -1.16. The maximum atomic E-state index is 13.0. The van der Waals surface area contributed by atoms with Crippen LogP contribution in [-0.4, -0.2) is 61.3 Å². The molecule has 1 aliphatic carbocycles. The van der Waals surface area contributed by atoms with E-state index in [-0.39, 0.29) is 41.2 Å². The molecule has 1 saturated heterocycles. The van der Waals surface area contributed by atoms with Gasteiger partial charge in [0, 0.05) is 24.7 Å². The van der Waals surface area contributed by atoms with E-state index in [1.807, 2.05) is 6.07 Å². The van der Waals surface area contributed by atoms with Crippen molar-refractivity contribution in [3.8, 4) is 6.07 Å². The standard InChI is InChI=1S/C22H20F3N7O3/c1-11(12-2-5-16(27-9-12)22(23,24)25)32-20-18(14(8-26)30-32)21(34)29-19(28-20)13-3-4-15(13)31-6-7-35-10-17(31)33/h2,5,9,11,13,15H,3-4,6-7,10H2,1H3,(H,28,29,34)/t11-,13-,15-/m0/s1. The summed E-state index contributed by atoms with van der Waals surface area (Å²) in [6.07, 6.45) is -2.01. The smallest absolute Gasteiger partial charge is 0.370 e. The lowest BCUT2D eigenvalue weighted by atomic mass is 9.77. The van der Waals surface area contributed by atoms with Crippen LogP contribution >= 0.6 is 0 Å². The van der Waals surface area contributed by atoms with E-state index in [0.29, 0.717) is 31.0 Å². The minimum atomic E-state index is -4.57. The van der Waals surface area contributed by atoms with Crippen LogP contribution in [0.1, 0.15) is 54.5 Å². The number of fused-ring (bicyclic) bond motifs is 1. The van der Waals surface area contributed by atoms with Crippen molar-refractivity contribution in [1.82, 2.24) is 29.6 Å². The van der Waals surface area contributed by atoms with Crippen LogP contribution in [0.15, 0.2) is 23.1 Å². The number of amides is 1. The number of nitrogens with one attached hydrogen (secondary N) is 1. The Morgan fingerprint density at radius 2 is 2.09 bits per heavy atom. The van der Waals surface area contributed by atoms with E-state index < -0.39 is 23.5 Å². The van der Waals surface area contributed by atoms with Gasteiger partial charge in [-0.15, -0.1) is 0 Å². The Labute approximate surface area is 196 Å². The maximum absolute atomic E-state index is 13.0. The molecule has 1 N–H and O–H groups in total. The highest BCUT2D eigenvalue weighted by atomic mass is 19.4. The zero-order chi connectivity index (χ0) is 24.9. The molecule has 3 aromatic rings. The summed E-state index contributed by atoms with van der Waals surface area (Å²) in [4.78, 5) is 37.9. The third-order valence-electron chi connectivity index (χ3n) is 6.62. The molecule has 0 unspecified atom stereocenters. The number of hydrogen-bond acceptors (Lipinski definition) is 7. The summed E-state index contributed by atoms with van der Waals surface area (Å²) in [6, 6.07) is 3.24. The largest absolute Gasteiger partial charge is 0.433 e. The topological polar surface area (TPSA) is 130 Å². The van der Waals surface area contributed by atoms with E-state index in [1.165, 1.54) is 10.7 Å². The minimum absolute atomic E-state index is 0.00120. The van der Waals surface area contributed by atoms with Crippen molar-refractivity contribution in [2.45, 2.75) is 43.9 Å². The lowest BCUT2D eigenvalue weighted by Gasteiger charge is -2.45. The van der Waals surface area contributed by atoms with Crippen LogP contribution in [0.3, 0.4) is 0 Å². The van der Waals surface area contributed by atoms with Gasteiger partial charge in [0.1, 0.15) is 29.6 Å². The number of hydrogen-bond donors (Lipinski definition) is 1. The van der Waals surface area contributed by atoms with E-state index in [2.05, 4.69) is 20.1 Å². The average Bonchev–Trinajstić information content (AvgIpc) is 3.18. The van der Waals surface area contributed by atoms with E-state index in [1.54, 1.807) is 11.8 Å². The second-order valence-corrected chi connectivity index (χ2v) is 8.60. The van der Waals surface area contributed by atoms with Gasteiger partial charge >= 0.3 is 6.18 Å². The number of carbonyl (C=O) groups is 1. The predicted molar refractivity (Wildman–Crippen MR) is 114 cm³/mol. The maximum Gasteiger partial charge on any atom is 0.433 e. The van der Waals surface area contributed by atoms with Gasteiger partial charge < -0.3 is 14.6 Å². The second-order valence-electron chi connectivity index (χ2n) is 8.60. The van der Waals surface area contributed by atoms with Crippen LogP contribution in [0.2, 0.25) is 0 Å². The van der Waals surface area contributed by atoms with E-state index >= 15 is 0 Å². The van der Waals surface area contributed by atoms with Gasteiger partial charge in [0.05, 0.1) is 12.6 Å². The van der Waals surface area contributed by atoms with Crippen molar-refractivity contribution in [3.63, 3.8) is 0 Å². The van der Waals surface area contributed by atoms with E-state index in [4.69, 9.17) is 4.74 Å². The minimum Gasteiger partial charge on any atom is -0.370 e. The van der Waals surface area contributed by atoms with Gasteiger partial charge in [-0.2, -0.15) is 23.5 Å². The summed E-state index contributed by atoms with van der Waals surface area (Å²) in [6.45, 7) is 2.58. The van der Waals surface area contributed by atoms with Crippen LogP contribution in [0.5, 0.6) is 0 Å². The molecule has 1 saturated carbocycles. The fraction of sp³-hybridized carbons (Fsp3) is 0.455. The molecule has 0 radical (unpaired) electrons. The molecule has 5 rings (SSSR count). The molecule has 3 atom stereocenters. The molecule has 0 spiro atoms.